The molecular formula is C22H18FN5O2. The monoisotopic (exact) mass is 403 g/mol. The Labute approximate surface area is 169 Å². The summed E-state index contributed by atoms with van der Waals surface area (Å²) in [6, 6.07) is 14.0. The molecule has 0 spiro atoms. The van der Waals surface area contributed by atoms with E-state index in [1.807, 2.05) is 35.8 Å². The molecule has 0 radical (unpaired) electrons. The van der Waals surface area contributed by atoms with Crippen LogP contribution in [0.5, 0.6) is 0 Å². The van der Waals surface area contributed by atoms with Crippen molar-refractivity contribution in [3.8, 4) is 16.9 Å². The Balaban J connectivity index is 1.97. The van der Waals surface area contributed by atoms with Crippen LogP contribution in [-0.4, -0.2) is 23.1 Å². The molecule has 0 fully saturated rings. The van der Waals surface area contributed by atoms with Gasteiger partial charge in [0.15, 0.2) is 11.2 Å². The van der Waals surface area contributed by atoms with Crippen molar-refractivity contribution in [3.63, 3.8) is 0 Å². The van der Waals surface area contributed by atoms with E-state index in [9.17, 15) is 14.0 Å². The van der Waals surface area contributed by atoms with Gasteiger partial charge in [-0.3, -0.25) is 22.9 Å². The van der Waals surface area contributed by atoms with Gasteiger partial charge in [0.25, 0.3) is 5.56 Å². The fourth-order valence-electron chi connectivity index (χ4n) is 3.82. The molecule has 2 aromatic carbocycles. The molecule has 0 atom stereocenters. The van der Waals surface area contributed by atoms with E-state index in [-0.39, 0.29) is 5.82 Å². The van der Waals surface area contributed by atoms with Gasteiger partial charge in [-0.15, -0.1) is 0 Å². The molecule has 8 heteroatoms. The van der Waals surface area contributed by atoms with Crippen molar-refractivity contribution in [2.45, 2.75) is 6.92 Å². The summed E-state index contributed by atoms with van der Waals surface area (Å²) in [4.78, 5) is 29.9. The van der Waals surface area contributed by atoms with Gasteiger partial charge in [-0.05, 0) is 48.9 Å². The van der Waals surface area contributed by atoms with Crippen molar-refractivity contribution in [3.05, 3.63) is 86.9 Å². The highest BCUT2D eigenvalue weighted by Crippen LogP contribution is 2.29. The Kier molecular flexibility index (Phi) is 3.79. The highest BCUT2D eigenvalue weighted by Gasteiger charge is 2.21. The van der Waals surface area contributed by atoms with E-state index in [1.54, 1.807) is 29.8 Å². The van der Waals surface area contributed by atoms with Crippen LogP contribution >= 0.6 is 0 Å². The van der Waals surface area contributed by atoms with Gasteiger partial charge in [0.2, 0.25) is 5.78 Å². The van der Waals surface area contributed by atoms with Crippen molar-refractivity contribution in [1.82, 2.24) is 23.1 Å². The summed E-state index contributed by atoms with van der Waals surface area (Å²) in [6.07, 6.45) is 1.80. The first-order valence-electron chi connectivity index (χ1n) is 9.39. The minimum atomic E-state index is -0.436. The molecule has 5 aromatic rings. The maximum absolute atomic E-state index is 13.5. The van der Waals surface area contributed by atoms with Gasteiger partial charge in [-0.1, -0.05) is 12.1 Å². The molecule has 7 nitrogen and oxygen atoms in total. The van der Waals surface area contributed by atoms with Crippen LogP contribution in [0.3, 0.4) is 0 Å². The van der Waals surface area contributed by atoms with E-state index in [2.05, 4.69) is 4.98 Å². The highest BCUT2D eigenvalue weighted by molar-refractivity contribution is 5.79. The second-order valence-electron chi connectivity index (χ2n) is 7.36. The zero-order chi connectivity index (χ0) is 21.2. The van der Waals surface area contributed by atoms with Crippen LogP contribution in [0.1, 0.15) is 5.56 Å². The largest absolute Gasteiger partial charge is 0.332 e. The minimum absolute atomic E-state index is 0.310. The van der Waals surface area contributed by atoms with Crippen molar-refractivity contribution in [2.24, 2.45) is 14.1 Å². The smallest absolute Gasteiger partial charge is 0.279 e. The molecule has 0 N–H and O–H groups in total. The average Bonchev–Trinajstić information content (AvgIpc) is 3.27. The van der Waals surface area contributed by atoms with Crippen LogP contribution in [0.25, 0.3) is 33.9 Å². The Morgan fingerprint density at radius 3 is 2.40 bits per heavy atom. The third-order valence-corrected chi connectivity index (χ3v) is 5.36. The Morgan fingerprint density at radius 1 is 0.967 bits per heavy atom. The predicted molar refractivity (Wildman–Crippen MR) is 113 cm³/mol. The van der Waals surface area contributed by atoms with Crippen LogP contribution in [0.2, 0.25) is 0 Å². The van der Waals surface area contributed by atoms with Crippen LogP contribution in [0, 0.1) is 12.7 Å². The van der Waals surface area contributed by atoms with Gasteiger partial charge in [0.1, 0.15) is 5.82 Å². The average molecular weight is 403 g/mol. The topological polar surface area (TPSA) is 66.2 Å². The quantitative estimate of drug-likeness (QED) is 0.455. The van der Waals surface area contributed by atoms with E-state index in [1.165, 1.54) is 23.7 Å². The van der Waals surface area contributed by atoms with Crippen molar-refractivity contribution >= 4 is 16.9 Å². The summed E-state index contributed by atoms with van der Waals surface area (Å²) in [5, 5.41) is 0. The molecule has 0 aliphatic carbocycles. The van der Waals surface area contributed by atoms with Gasteiger partial charge in [0, 0.05) is 31.5 Å². The van der Waals surface area contributed by atoms with E-state index in [4.69, 9.17) is 0 Å². The zero-order valence-electron chi connectivity index (χ0n) is 16.6. The van der Waals surface area contributed by atoms with Crippen molar-refractivity contribution in [1.29, 1.82) is 0 Å². The Hall–Kier alpha value is -3.94. The molecule has 150 valence electrons. The first-order chi connectivity index (χ1) is 14.4. The summed E-state index contributed by atoms with van der Waals surface area (Å²) in [5.74, 6) is 0.166. The molecule has 0 unspecified atom stereocenters. The normalized spacial score (nSPS) is 11.6. The number of aryl methyl sites for hydroxylation is 2. The SMILES string of the molecule is Cc1cccc(-n2c(-c3ccc(F)cc3)cn3c4c(=O)n(C)c(=O)n(C)c4nc23)c1. The number of fused-ring (bicyclic) bond motifs is 3. The third kappa shape index (κ3) is 2.46. The molecule has 30 heavy (non-hydrogen) atoms. The van der Waals surface area contributed by atoms with E-state index >= 15 is 0 Å². The second-order valence-corrected chi connectivity index (χ2v) is 7.36. The number of aromatic nitrogens is 5. The predicted octanol–water partition coefficient (Wildman–Crippen LogP) is 2.79. The van der Waals surface area contributed by atoms with Crippen LogP contribution < -0.4 is 11.2 Å². The summed E-state index contributed by atoms with van der Waals surface area (Å²) in [7, 11) is 3.04. The number of nitrogens with zero attached hydrogens (tertiary/aromatic N) is 5. The number of hydrogen-bond acceptors (Lipinski definition) is 3. The summed E-state index contributed by atoms with van der Waals surface area (Å²) < 4.78 is 19.5. The first kappa shape index (κ1) is 18.1. The van der Waals surface area contributed by atoms with Gasteiger partial charge in [-0.25, -0.2) is 9.18 Å². The second kappa shape index (κ2) is 6.28. The van der Waals surface area contributed by atoms with Gasteiger partial charge < -0.3 is 0 Å². The Morgan fingerprint density at radius 2 is 1.70 bits per heavy atom. The van der Waals surface area contributed by atoms with Gasteiger partial charge in [-0.2, -0.15) is 4.98 Å². The molecule has 0 amide bonds. The van der Waals surface area contributed by atoms with Crippen LogP contribution in [0.15, 0.2) is 64.3 Å². The molecule has 0 bridgehead atoms. The van der Waals surface area contributed by atoms with Gasteiger partial charge in [0.05, 0.1) is 5.69 Å². The molecule has 0 saturated carbocycles. The van der Waals surface area contributed by atoms with E-state index in [0.717, 1.165) is 27.1 Å². The first-order valence-corrected chi connectivity index (χ1v) is 9.39. The van der Waals surface area contributed by atoms with E-state index < -0.39 is 11.2 Å². The Bertz CT molecular complexity index is 1570. The molecule has 0 saturated heterocycles. The molecular weight excluding hydrogens is 385 g/mol. The number of hydrogen-bond donors (Lipinski definition) is 0. The molecule has 3 aromatic heterocycles. The maximum Gasteiger partial charge on any atom is 0.332 e. The summed E-state index contributed by atoms with van der Waals surface area (Å²) in [6.45, 7) is 1.99. The molecule has 5 rings (SSSR count). The zero-order valence-corrected chi connectivity index (χ0v) is 16.6. The highest BCUT2D eigenvalue weighted by atomic mass is 19.1. The van der Waals surface area contributed by atoms with Crippen molar-refractivity contribution < 1.29 is 4.39 Å². The third-order valence-electron chi connectivity index (χ3n) is 5.36. The lowest BCUT2D eigenvalue weighted by atomic mass is 10.1. The fourth-order valence-corrected chi connectivity index (χ4v) is 3.82. The van der Waals surface area contributed by atoms with Crippen molar-refractivity contribution in [2.75, 3.05) is 0 Å². The lowest BCUT2D eigenvalue weighted by molar-refractivity contribution is 0.628. The number of imidazole rings is 2. The number of halogens is 1. The van der Waals surface area contributed by atoms with Crippen LogP contribution in [0.4, 0.5) is 4.39 Å². The minimum Gasteiger partial charge on any atom is -0.279 e. The molecule has 0 aliphatic rings. The maximum atomic E-state index is 13.5. The summed E-state index contributed by atoms with van der Waals surface area (Å²) in [5.41, 5.74) is 3.20. The van der Waals surface area contributed by atoms with Crippen LogP contribution in [-0.2, 0) is 14.1 Å². The molecule has 0 aliphatic heterocycles. The lowest BCUT2D eigenvalue weighted by Gasteiger charge is -2.10. The lowest BCUT2D eigenvalue weighted by Crippen LogP contribution is -2.37. The number of benzene rings is 2. The summed E-state index contributed by atoms with van der Waals surface area (Å²) >= 11 is 0. The fraction of sp³-hybridized carbons (Fsp3) is 0.136. The standard InChI is InChI=1S/C22H18FN5O2/c1-13-5-4-6-16(11-13)28-17(14-7-9-15(23)10-8-14)12-27-18-19(24-21(27)28)25(2)22(30)26(3)20(18)29/h4-12H,1-3H3. The van der Waals surface area contributed by atoms with E-state index in [0.29, 0.717) is 16.9 Å². The molecule has 3 heterocycles. The van der Waals surface area contributed by atoms with Gasteiger partial charge >= 0.3 is 5.69 Å². The number of rotatable bonds is 2.